The third-order valence-electron chi connectivity index (χ3n) is 4.44. The van der Waals surface area contributed by atoms with Crippen molar-refractivity contribution >= 4 is 21.6 Å². The molecular weight excluding hydrogens is 384 g/mol. The van der Waals surface area contributed by atoms with Crippen molar-refractivity contribution in [2.45, 2.75) is 18.6 Å². The number of hydrogen-bond acceptors (Lipinski definition) is 4. The monoisotopic (exact) mass is 402 g/mol. The lowest BCUT2D eigenvalue weighted by Crippen LogP contribution is -2.45. The lowest BCUT2D eigenvalue weighted by Gasteiger charge is -2.36. The van der Waals surface area contributed by atoms with Gasteiger partial charge in [0.05, 0.1) is 11.3 Å². The first-order chi connectivity index (χ1) is 12.6. The molecule has 27 heavy (non-hydrogen) atoms. The molecule has 0 amide bonds. The molecule has 0 aromatic heterocycles. The molecule has 0 saturated heterocycles. The molecule has 1 heterocycles. The summed E-state index contributed by atoms with van der Waals surface area (Å²) < 4.78 is 72.4. The fourth-order valence-corrected chi connectivity index (χ4v) is 3.55. The maximum absolute atomic E-state index is 12.8. The largest absolute Gasteiger partial charge is 0.416 e. The summed E-state index contributed by atoms with van der Waals surface area (Å²) in [5.41, 5.74) is 1.73. The number of alkyl halides is 3. The van der Waals surface area contributed by atoms with E-state index < -0.39 is 27.7 Å². The summed E-state index contributed by atoms with van der Waals surface area (Å²) in [5.74, 6) is -0.620. The van der Waals surface area contributed by atoms with E-state index in [1.54, 1.807) is 0 Å². The molecule has 0 spiro atoms. The molecule has 0 aliphatic carbocycles. The van der Waals surface area contributed by atoms with Crippen molar-refractivity contribution in [3.05, 3.63) is 59.7 Å². The lowest BCUT2D eigenvalue weighted by atomic mass is 9.97. The van der Waals surface area contributed by atoms with E-state index in [0.29, 0.717) is 18.7 Å². The second kappa shape index (κ2) is 7.47. The van der Waals surface area contributed by atoms with Gasteiger partial charge in [-0.2, -0.15) is 21.6 Å². The number of nitrogens with one attached hydrogen (secondary N) is 1. The number of nitrogens with zero attached hydrogens (tertiary/aromatic N) is 1. The second-order valence-corrected chi connectivity index (χ2v) is 7.87. The Morgan fingerprint density at radius 1 is 1.07 bits per heavy atom. The summed E-state index contributed by atoms with van der Waals surface area (Å²) in [6.45, 7) is 0.390. The summed E-state index contributed by atoms with van der Waals surface area (Å²) in [6, 6.07) is 12.2. The maximum Gasteiger partial charge on any atom is 0.416 e. The van der Waals surface area contributed by atoms with Crippen molar-refractivity contribution < 1.29 is 25.5 Å². The highest BCUT2D eigenvalue weighted by Gasteiger charge is 2.31. The first kappa shape index (κ1) is 19.6. The Bertz CT molecular complexity index is 898. The van der Waals surface area contributed by atoms with Gasteiger partial charge in [-0.15, -0.1) is 3.89 Å². The molecule has 2 aromatic carbocycles. The second-order valence-electron chi connectivity index (χ2n) is 6.38. The predicted molar refractivity (Wildman–Crippen MR) is 95.3 cm³/mol. The van der Waals surface area contributed by atoms with Gasteiger partial charge in [0.2, 0.25) is 0 Å². The van der Waals surface area contributed by atoms with Crippen LogP contribution in [-0.2, 0) is 22.8 Å². The van der Waals surface area contributed by atoms with E-state index in [2.05, 4.69) is 5.32 Å². The molecule has 3 rings (SSSR count). The minimum atomic E-state index is -4.55. The van der Waals surface area contributed by atoms with Gasteiger partial charge in [-0.3, -0.25) is 0 Å². The fourth-order valence-electron chi connectivity index (χ4n) is 3.19. The van der Waals surface area contributed by atoms with Crippen molar-refractivity contribution in [1.82, 2.24) is 5.32 Å². The van der Waals surface area contributed by atoms with Crippen molar-refractivity contribution in [1.29, 1.82) is 0 Å². The standard InChI is InChI=1S/C18H18F4N2O2S/c19-18(20,21)14-5-7-16(8-6-14)24-12-15(23-9-10-27(22,25)26)11-13-3-1-2-4-17(13)24/h1-8,15,23H,9-12H2. The maximum atomic E-state index is 12.8. The summed E-state index contributed by atoms with van der Waals surface area (Å²) in [6.07, 6.45) is -3.79. The molecule has 0 saturated carbocycles. The molecule has 0 bridgehead atoms. The SMILES string of the molecule is O=S(=O)(F)CCNC1Cc2ccccc2N(c2ccc(C(F)(F)F)cc2)C1. The Labute approximate surface area is 155 Å². The highest BCUT2D eigenvalue weighted by molar-refractivity contribution is 7.86. The van der Waals surface area contributed by atoms with E-state index in [1.807, 2.05) is 29.2 Å². The highest BCUT2D eigenvalue weighted by atomic mass is 32.3. The molecule has 0 radical (unpaired) electrons. The molecule has 1 N–H and O–H groups in total. The normalized spacial score (nSPS) is 17.6. The van der Waals surface area contributed by atoms with Gasteiger partial charge in [-0.1, -0.05) is 18.2 Å². The molecule has 1 aliphatic heterocycles. The van der Waals surface area contributed by atoms with Gasteiger partial charge in [0, 0.05) is 30.5 Å². The van der Waals surface area contributed by atoms with E-state index in [9.17, 15) is 25.5 Å². The van der Waals surface area contributed by atoms with Crippen LogP contribution in [0.25, 0.3) is 0 Å². The molecule has 4 nitrogen and oxygen atoms in total. The smallest absolute Gasteiger partial charge is 0.340 e. The Kier molecular flexibility index (Phi) is 5.43. The Morgan fingerprint density at radius 3 is 2.37 bits per heavy atom. The Hall–Kier alpha value is -2.13. The van der Waals surface area contributed by atoms with E-state index >= 15 is 0 Å². The minimum absolute atomic E-state index is 0.0352. The van der Waals surface area contributed by atoms with Gasteiger partial charge in [0.25, 0.3) is 0 Å². The van der Waals surface area contributed by atoms with Gasteiger partial charge in [-0.05, 0) is 42.3 Å². The van der Waals surface area contributed by atoms with Crippen LogP contribution in [0.15, 0.2) is 48.5 Å². The summed E-state index contributed by atoms with van der Waals surface area (Å²) in [4.78, 5) is 1.88. The van der Waals surface area contributed by atoms with Gasteiger partial charge >= 0.3 is 16.4 Å². The van der Waals surface area contributed by atoms with Crippen LogP contribution in [0.1, 0.15) is 11.1 Å². The number of anilines is 2. The van der Waals surface area contributed by atoms with Crippen molar-refractivity contribution in [3.8, 4) is 0 Å². The van der Waals surface area contributed by atoms with Gasteiger partial charge in [-0.25, -0.2) is 0 Å². The predicted octanol–water partition coefficient (Wildman–Crippen LogP) is 3.66. The lowest BCUT2D eigenvalue weighted by molar-refractivity contribution is -0.137. The molecule has 1 atom stereocenters. The zero-order chi connectivity index (χ0) is 19.7. The first-order valence-corrected chi connectivity index (χ1v) is 9.87. The van der Waals surface area contributed by atoms with Crippen LogP contribution in [0, 0.1) is 0 Å². The molecule has 1 unspecified atom stereocenters. The fraction of sp³-hybridized carbons (Fsp3) is 0.333. The minimum Gasteiger partial charge on any atom is -0.340 e. The molecular formula is C18H18F4N2O2S. The summed E-state index contributed by atoms with van der Waals surface area (Å²) in [7, 11) is -4.55. The number of benzene rings is 2. The summed E-state index contributed by atoms with van der Waals surface area (Å²) in [5, 5.41) is 3.01. The molecule has 146 valence electrons. The van der Waals surface area contributed by atoms with Crippen LogP contribution in [0.5, 0.6) is 0 Å². The van der Waals surface area contributed by atoms with E-state index in [-0.39, 0.29) is 12.6 Å². The topological polar surface area (TPSA) is 49.4 Å². The van der Waals surface area contributed by atoms with Crippen molar-refractivity contribution in [2.75, 3.05) is 23.7 Å². The average molecular weight is 402 g/mol. The number of hydrogen-bond donors (Lipinski definition) is 1. The number of para-hydroxylation sites is 1. The molecule has 1 aliphatic rings. The van der Waals surface area contributed by atoms with Crippen molar-refractivity contribution in [2.24, 2.45) is 0 Å². The third-order valence-corrected chi connectivity index (χ3v) is 5.13. The average Bonchev–Trinajstić information content (AvgIpc) is 2.59. The van der Waals surface area contributed by atoms with Gasteiger partial charge in [0.1, 0.15) is 0 Å². The van der Waals surface area contributed by atoms with E-state index in [1.165, 1.54) is 12.1 Å². The highest BCUT2D eigenvalue weighted by Crippen LogP contribution is 2.35. The van der Waals surface area contributed by atoms with Crippen LogP contribution in [0.2, 0.25) is 0 Å². The molecule has 9 heteroatoms. The van der Waals surface area contributed by atoms with Crippen LogP contribution in [-0.4, -0.2) is 33.3 Å². The third kappa shape index (κ3) is 4.98. The quantitative estimate of drug-likeness (QED) is 0.613. The molecule has 2 aromatic rings. The van der Waals surface area contributed by atoms with Gasteiger partial charge in [0.15, 0.2) is 0 Å². The van der Waals surface area contributed by atoms with Crippen LogP contribution >= 0.6 is 0 Å². The number of fused-ring (bicyclic) bond motifs is 1. The van der Waals surface area contributed by atoms with E-state index in [0.717, 1.165) is 23.4 Å². The number of rotatable bonds is 5. The van der Waals surface area contributed by atoms with E-state index in [4.69, 9.17) is 0 Å². The van der Waals surface area contributed by atoms with Crippen LogP contribution < -0.4 is 10.2 Å². The first-order valence-electron chi connectivity index (χ1n) is 8.32. The Balaban J connectivity index is 1.82. The van der Waals surface area contributed by atoms with Crippen molar-refractivity contribution in [3.63, 3.8) is 0 Å². The Morgan fingerprint density at radius 2 is 1.74 bits per heavy atom. The summed E-state index contributed by atoms with van der Waals surface area (Å²) >= 11 is 0. The van der Waals surface area contributed by atoms with Gasteiger partial charge < -0.3 is 10.2 Å². The van der Waals surface area contributed by atoms with Crippen LogP contribution in [0.3, 0.4) is 0 Å². The molecule has 0 fully saturated rings. The number of halogens is 4. The van der Waals surface area contributed by atoms with Crippen LogP contribution in [0.4, 0.5) is 28.4 Å². The zero-order valence-corrected chi connectivity index (χ0v) is 15.0. The zero-order valence-electron chi connectivity index (χ0n) is 14.2.